The smallest absolute Gasteiger partial charge is 0.138 e. The molecule has 1 aliphatic heterocycles. The zero-order chi connectivity index (χ0) is 11.1. The zero-order valence-corrected chi connectivity index (χ0v) is 10.1. The van der Waals surface area contributed by atoms with E-state index in [1.54, 1.807) is 0 Å². The molecule has 0 saturated carbocycles. The van der Waals surface area contributed by atoms with Crippen molar-refractivity contribution in [3.8, 4) is 0 Å². The minimum absolute atomic E-state index is 0.0197. The van der Waals surface area contributed by atoms with E-state index in [9.17, 15) is 0 Å². The molecule has 0 amide bonds. The standard InChI is InChI=1S/C12H16ClNO/c1-12(2)8-15-11(14(12)3)9-6-4-5-7-10(9)13/h4-7,11H,8H2,1-3H3/t11-/m1/s1. The van der Waals surface area contributed by atoms with E-state index >= 15 is 0 Å². The van der Waals surface area contributed by atoms with E-state index in [0.29, 0.717) is 0 Å². The predicted octanol–water partition coefficient (Wildman–Crippen LogP) is 3.08. The summed E-state index contributed by atoms with van der Waals surface area (Å²) in [7, 11) is 2.07. The molecule has 1 aromatic carbocycles. The fraction of sp³-hybridized carbons (Fsp3) is 0.500. The first-order valence-electron chi connectivity index (χ1n) is 5.11. The topological polar surface area (TPSA) is 12.5 Å². The Balaban J connectivity index is 2.31. The van der Waals surface area contributed by atoms with E-state index in [1.165, 1.54) is 0 Å². The molecule has 1 fully saturated rings. The summed E-state index contributed by atoms with van der Waals surface area (Å²) in [5.74, 6) is 0. The fourth-order valence-corrected chi connectivity index (χ4v) is 2.02. The summed E-state index contributed by atoms with van der Waals surface area (Å²) in [5, 5.41) is 0.770. The van der Waals surface area contributed by atoms with Gasteiger partial charge in [-0.1, -0.05) is 29.8 Å². The van der Waals surface area contributed by atoms with Gasteiger partial charge < -0.3 is 4.74 Å². The van der Waals surface area contributed by atoms with Gasteiger partial charge in [0, 0.05) is 16.1 Å². The minimum Gasteiger partial charge on any atom is -0.357 e. The highest BCUT2D eigenvalue weighted by Crippen LogP contribution is 2.37. The monoisotopic (exact) mass is 225 g/mol. The minimum atomic E-state index is -0.0197. The summed E-state index contributed by atoms with van der Waals surface area (Å²) in [6.45, 7) is 5.08. The lowest BCUT2D eigenvalue weighted by Gasteiger charge is -2.29. The molecule has 82 valence electrons. The molecule has 0 radical (unpaired) electrons. The lowest BCUT2D eigenvalue weighted by atomic mass is 10.1. The van der Waals surface area contributed by atoms with Crippen LogP contribution in [0.15, 0.2) is 24.3 Å². The maximum absolute atomic E-state index is 6.16. The summed E-state index contributed by atoms with van der Waals surface area (Å²) >= 11 is 6.16. The average Bonchev–Trinajstić information content (AvgIpc) is 2.44. The second-order valence-electron chi connectivity index (χ2n) is 4.61. The van der Waals surface area contributed by atoms with Crippen molar-refractivity contribution in [1.82, 2.24) is 4.90 Å². The van der Waals surface area contributed by atoms with Crippen LogP contribution in [0, 0.1) is 0 Å². The molecule has 0 N–H and O–H groups in total. The van der Waals surface area contributed by atoms with Crippen molar-refractivity contribution in [2.45, 2.75) is 25.6 Å². The molecule has 1 aliphatic rings. The maximum Gasteiger partial charge on any atom is 0.138 e. The van der Waals surface area contributed by atoms with Crippen LogP contribution in [0.25, 0.3) is 0 Å². The molecule has 1 atom stereocenters. The molecular formula is C12H16ClNO. The Morgan fingerprint density at radius 1 is 1.40 bits per heavy atom. The van der Waals surface area contributed by atoms with E-state index in [1.807, 2.05) is 24.3 Å². The normalized spacial score (nSPS) is 25.7. The second kappa shape index (κ2) is 3.78. The van der Waals surface area contributed by atoms with Gasteiger partial charge in [0.25, 0.3) is 0 Å². The highest BCUT2D eigenvalue weighted by molar-refractivity contribution is 6.31. The van der Waals surface area contributed by atoms with Crippen molar-refractivity contribution in [3.05, 3.63) is 34.9 Å². The van der Waals surface area contributed by atoms with Gasteiger partial charge in [-0.3, -0.25) is 4.90 Å². The van der Waals surface area contributed by atoms with Gasteiger partial charge in [-0.05, 0) is 27.0 Å². The highest BCUT2D eigenvalue weighted by atomic mass is 35.5. The number of rotatable bonds is 1. The average molecular weight is 226 g/mol. The number of halogens is 1. The van der Waals surface area contributed by atoms with Crippen molar-refractivity contribution in [3.63, 3.8) is 0 Å². The van der Waals surface area contributed by atoms with Crippen LogP contribution in [0.1, 0.15) is 25.6 Å². The van der Waals surface area contributed by atoms with Crippen LogP contribution in [-0.4, -0.2) is 24.1 Å². The molecule has 0 spiro atoms. The lowest BCUT2D eigenvalue weighted by molar-refractivity contribution is 0.0400. The van der Waals surface area contributed by atoms with Crippen LogP contribution in [-0.2, 0) is 4.74 Å². The SMILES string of the molecule is CN1[C@@H](c2ccccc2Cl)OCC1(C)C. The summed E-state index contributed by atoms with van der Waals surface area (Å²) in [5.41, 5.74) is 1.12. The molecule has 2 rings (SSSR count). The molecule has 2 nitrogen and oxygen atoms in total. The molecule has 0 bridgehead atoms. The number of benzene rings is 1. The van der Waals surface area contributed by atoms with Crippen molar-refractivity contribution < 1.29 is 4.74 Å². The van der Waals surface area contributed by atoms with E-state index in [4.69, 9.17) is 16.3 Å². The lowest BCUT2D eigenvalue weighted by Crippen LogP contribution is -2.38. The molecule has 0 aromatic heterocycles. The van der Waals surface area contributed by atoms with Gasteiger partial charge in [-0.15, -0.1) is 0 Å². The first kappa shape index (κ1) is 10.9. The Morgan fingerprint density at radius 3 is 2.60 bits per heavy atom. The van der Waals surface area contributed by atoms with Gasteiger partial charge in [-0.2, -0.15) is 0 Å². The quantitative estimate of drug-likeness (QED) is 0.729. The van der Waals surface area contributed by atoms with Crippen LogP contribution in [0.5, 0.6) is 0 Å². The Hall–Kier alpha value is -0.570. The fourth-order valence-electron chi connectivity index (χ4n) is 1.79. The molecular weight excluding hydrogens is 210 g/mol. The highest BCUT2D eigenvalue weighted by Gasteiger charge is 2.38. The van der Waals surface area contributed by atoms with Crippen molar-refractivity contribution >= 4 is 11.6 Å². The summed E-state index contributed by atoms with van der Waals surface area (Å²) in [6.07, 6.45) is -0.0197. The number of hydrogen-bond donors (Lipinski definition) is 0. The number of likely N-dealkylation sites (N-methyl/N-ethyl adjacent to an activating group) is 1. The summed E-state index contributed by atoms with van der Waals surface area (Å²) in [6, 6.07) is 7.85. The molecule has 1 saturated heterocycles. The molecule has 3 heteroatoms. The third-order valence-corrected chi connectivity index (χ3v) is 3.42. The van der Waals surface area contributed by atoms with Gasteiger partial charge in [0.05, 0.1) is 6.61 Å². The van der Waals surface area contributed by atoms with Crippen molar-refractivity contribution in [2.75, 3.05) is 13.7 Å². The number of ether oxygens (including phenoxy) is 1. The Labute approximate surface area is 95.8 Å². The Kier molecular flexibility index (Phi) is 2.75. The van der Waals surface area contributed by atoms with Crippen LogP contribution in [0.2, 0.25) is 5.02 Å². The largest absolute Gasteiger partial charge is 0.357 e. The number of nitrogens with zero attached hydrogens (tertiary/aromatic N) is 1. The number of hydrogen-bond acceptors (Lipinski definition) is 2. The van der Waals surface area contributed by atoms with Crippen LogP contribution in [0.3, 0.4) is 0 Å². The third-order valence-electron chi connectivity index (χ3n) is 3.07. The molecule has 0 unspecified atom stereocenters. The molecule has 1 aromatic rings. The van der Waals surface area contributed by atoms with Crippen LogP contribution < -0.4 is 0 Å². The Bertz CT molecular complexity index is 364. The molecule has 15 heavy (non-hydrogen) atoms. The molecule has 1 heterocycles. The van der Waals surface area contributed by atoms with Crippen LogP contribution >= 0.6 is 11.6 Å². The first-order chi connectivity index (χ1) is 7.02. The van der Waals surface area contributed by atoms with Crippen molar-refractivity contribution in [2.24, 2.45) is 0 Å². The van der Waals surface area contributed by atoms with Gasteiger partial charge in [-0.25, -0.2) is 0 Å². The Morgan fingerprint density at radius 2 is 2.07 bits per heavy atom. The van der Waals surface area contributed by atoms with E-state index < -0.39 is 0 Å². The van der Waals surface area contributed by atoms with Gasteiger partial charge in [0.2, 0.25) is 0 Å². The third kappa shape index (κ3) is 1.89. The second-order valence-corrected chi connectivity index (χ2v) is 5.02. The summed E-state index contributed by atoms with van der Waals surface area (Å²) < 4.78 is 5.79. The van der Waals surface area contributed by atoms with E-state index in [2.05, 4.69) is 25.8 Å². The first-order valence-corrected chi connectivity index (χ1v) is 5.49. The van der Waals surface area contributed by atoms with Gasteiger partial charge in [0.1, 0.15) is 6.23 Å². The predicted molar refractivity (Wildman–Crippen MR) is 62.0 cm³/mol. The van der Waals surface area contributed by atoms with Gasteiger partial charge in [0.15, 0.2) is 0 Å². The van der Waals surface area contributed by atoms with Gasteiger partial charge >= 0.3 is 0 Å². The van der Waals surface area contributed by atoms with E-state index in [-0.39, 0.29) is 11.8 Å². The van der Waals surface area contributed by atoms with Crippen molar-refractivity contribution in [1.29, 1.82) is 0 Å². The maximum atomic E-state index is 6.16. The zero-order valence-electron chi connectivity index (χ0n) is 9.33. The summed E-state index contributed by atoms with van der Waals surface area (Å²) in [4.78, 5) is 2.22. The van der Waals surface area contributed by atoms with Crippen LogP contribution in [0.4, 0.5) is 0 Å². The molecule has 0 aliphatic carbocycles. The van der Waals surface area contributed by atoms with E-state index in [0.717, 1.165) is 17.2 Å².